The molecule has 0 amide bonds. The lowest BCUT2D eigenvalue weighted by molar-refractivity contribution is 1.08. The Kier molecular flexibility index (Phi) is 11.0. The monoisotopic (exact) mass is 401 g/mol. The molecule has 4 rings (SSSR count). The van der Waals surface area contributed by atoms with Crippen molar-refractivity contribution >= 4 is 12.3 Å². The largest absolute Gasteiger partial charge is 0.288 e. The van der Waals surface area contributed by atoms with Crippen LogP contribution in [-0.2, 0) is 6.54 Å². The van der Waals surface area contributed by atoms with E-state index in [9.17, 15) is 0 Å². The van der Waals surface area contributed by atoms with Crippen molar-refractivity contribution in [2.24, 2.45) is 4.99 Å². The minimum absolute atomic E-state index is 0.746. The second-order valence-corrected chi connectivity index (χ2v) is 6.49. The van der Waals surface area contributed by atoms with Crippen LogP contribution in [0.4, 0.5) is 0 Å². The summed E-state index contributed by atoms with van der Waals surface area (Å²) < 4.78 is 0. The van der Waals surface area contributed by atoms with E-state index < -0.39 is 0 Å². The fraction of sp³-hybridized carbons (Fsp3) is 0.0333. The molecule has 0 radical (unpaired) electrons. The molecule has 152 valence electrons. The van der Waals surface area contributed by atoms with Gasteiger partial charge in [0.1, 0.15) is 0 Å². The summed E-state index contributed by atoms with van der Waals surface area (Å²) in [4.78, 5) is 4.39. The molecule has 1 nitrogen and oxygen atoms in total. The summed E-state index contributed by atoms with van der Waals surface area (Å²) in [6, 6.07) is 40.0. The molecule has 0 saturated heterocycles. The standard InChI is InChI=1S/C14H13N.C8H8.C8H6/c1-3-7-13(8-4-1)11-15-12-14-9-5-2-6-10-14;2*1-2-8-6-4-3-5-7-8/h1-11H,12H2;2-7H,1H2;1,3-7H. The van der Waals surface area contributed by atoms with E-state index in [2.05, 4.69) is 41.8 Å². The summed E-state index contributed by atoms with van der Waals surface area (Å²) >= 11 is 0. The topological polar surface area (TPSA) is 12.4 Å². The van der Waals surface area contributed by atoms with Crippen LogP contribution in [0.15, 0.2) is 133 Å². The summed E-state index contributed by atoms with van der Waals surface area (Å²) in [7, 11) is 0. The van der Waals surface area contributed by atoms with E-state index in [4.69, 9.17) is 6.42 Å². The Bertz CT molecular complexity index is 1040. The minimum Gasteiger partial charge on any atom is -0.288 e. The zero-order chi connectivity index (χ0) is 22.0. The first-order chi connectivity index (χ1) is 15.3. The van der Waals surface area contributed by atoms with Crippen molar-refractivity contribution in [2.75, 3.05) is 0 Å². The van der Waals surface area contributed by atoms with Crippen LogP contribution >= 0.6 is 0 Å². The van der Waals surface area contributed by atoms with Crippen molar-refractivity contribution in [1.29, 1.82) is 0 Å². The predicted octanol–water partition coefficient (Wildman–Crippen LogP) is 7.30. The fourth-order valence-corrected chi connectivity index (χ4v) is 2.50. The second-order valence-electron chi connectivity index (χ2n) is 6.49. The number of hydrogen-bond donors (Lipinski definition) is 0. The smallest absolute Gasteiger partial charge is 0.0639 e. The quantitative estimate of drug-likeness (QED) is 0.251. The van der Waals surface area contributed by atoms with Gasteiger partial charge < -0.3 is 0 Å². The third-order valence-corrected chi connectivity index (χ3v) is 4.13. The van der Waals surface area contributed by atoms with Crippen molar-refractivity contribution in [3.05, 3.63) is 150 Å². The Morgan fingerprint density at radius 3 is 1.52 bits per heavy atom. The van der Waals surface area contributed by atoms with Crippen molar-refractivity contribution in [1.82, 2.24) is 0 Å². The van der Waals surface area contributed by atoms with E-state index in [1.54, 1.807) is 0 Å². The van der Waals surface area contributed by atoms with Crippen LogP contribution in [0.25, 0.3) is 6.08 Å². The normalized spacial score (nSPS) is 9.39. The van der Waals surface area contributed by atoms with Gasteiger partial charge in [-0.25, -0.2) is 0 Å². The lowest BCUT2D eigenvalue weighted by Gasteiger charge is -1.94. The van der Waals surface area contributed by atoms with Gasteiger partial charge >= 0.3 is 0 Å². The van der Waals surface area contributed by atoms with Crippen LogP contribution in [-0.4, -0.2) is 6.21 Å². The van der Waals surface area contributed by atoms with E-state index in [0.717, 1.165) is 17.7 Å². The molecule has 4 aromatic rings. The van der Waals surface area contributed by atoms with Crippen molar-refractivity contribution < 1.29 is 0 Å². The van der Waals surface area contributed by atoms with Crippen molar-refractivity contribution in [3.8, 4) is 12.3 Å². The maximum absolute atomic E-state index is 5.10. The first-order valence-electron chi connectivity index (χ1n) is 10.1. The molecule has 0 unspecified atom stereocenters. The Labute approximate surface area is 186 Å². The zero-order valence-electron chi connectivity index (χ0n) is 17.6. The lowest BCUT2D eigenvalue weighted by atomic mass is 10.2. The van der Waals surface area contributed by atoms with Gasteiger partial charge in [-0.2, -0.15) is 0 Å². The Balaban J connectivity index is 0.000000181. The van der Waals surface area contributed by atoms with Crippen LogP contribution < -0.4 is 0 Å². The highest BCUT2D eigenvalue weighted by Crippen LogP contribution is 2.01. The molecular formula is C30H27N. The Morgan fingerprint density at radius 1 is 0.645 bits per heavy atom. The highest BCUT2D eigenvalue weighted by Gasteiger charge is 1.87. The van der Waals surface area contributed by atoms with Gasteiger partial charge in [0, 0.05) is 11.8 Å². The zero-order valence-corrected chi connectivity index (χ0v) is 17.6. The van der Waals surface area contributed by atoms with Gasteiger partial charge in [-0.3, -0.25) is 4.99 Å². The molecule has 4 aromatic carbocycles. The third-order valence-electron chi connectivity index (χ3n) is 4.13. The molecule has 0 heterocycles. The molecule has 0 bridgehead atoms. The summed E-state index contributed by atoms with van der Waals surface area (Å²) in [6.07, 6.45) is 8.84. The van der Waals surface area contributed by atoms with E-state index in [0.29, 0.717) is 0 Å². The molecule has 0 N–H and O–H groups in total. The van der Waals surface area contributed by atoms with Gasteiger partial charge in [0.25, 0.3) is 0 Å². The maximum atomic E-state index is 5.10. The van der Waals surface area contributed by atoms with Crippen LogP contribution in [0, 0.1) is 12.3 Å². The van der Waals surface area contributed by atoms with E-state index in [1.807, 2.05) is 109 Å². The van der Waals surface area contributed by atoms with Gasteiger partial charge in [0.05, 0.1) is 6.54 Å². The summed E-state index contributed by atoms with van der Waals surface area (Å²) in [5, 5.41) is 0. The number of hydrogen-bond acceptors (Lipinski definition) is 1. The number of nitrogens with zero attached hydrogens (tertiary/aromatic N) is 1. The van der Waals surface area contributed by atoms with Crippen molar-refractivity contribution in [2.45, 2.75) is 6.54 Å². The molecule has 0 atom stereocenters. The molecule has 0 aromatic heterocycles. The molecular weight excluding hydrogens is 374 g/mol. The first kappa shape index (κ1) is 23.1. The van der Waals surface area contributed by atoms with Crippen LogP contribution in [0.1, 0.15) is 22.3 Å². The molecule has 0 aliphatic carbocycles. The maximum Gasteiger partial charge on any atom is 0.0639 e. The second kappa shape index (κ2) is 14.8. The number of aliphatic imine (C=N–C) groups is 1. The van der Waals surface area contributed by atoms with Gasteiger partial charge in [-0.05, 0) is 28.8 Å². The van der Waals surface area contributed by atoms with Gasteiger partial charge in [-0.1, -0.05) is 128 Å². The van der Waals surface area contributed by atoms with E-state index >= 15 is 0 Å². The molecule has 31 heavy (non-hydrogen) atoms. The summed E-state index contributed by atoms with van der Waals surface area (Å²) in [5.74, 6) is 2.53. The van der Waals surface area contributed by atoms with E-state index in [1.165, 1.54) is 11.1 Å². The van der Waals surface area contributed by atoms with Gasteiger partial charge in [0.2, 0.25) is 0 Å². The highest BCUT2D eigenvalue weighted by molar-refractivity contribution is 5.79. The molecule has 0 fully saturated rings. The molecule has 0 spiro atoms. The van der Waals surface area contributed by atoms with Crippen LogP contribution in [0.2, 0.25) is 0 Å². The number of rotatable bonds is 4. The predicted molar refractivity (Wildman–Crippen MR) is 135 cm³/mol. The molecule has 0 aliphatic heterocycles. The summed E-state index contributed by atoms with van der Waals surface area (Å²) in [5.41, 5.74) is 4.50. The number of terminal acetylenes is 1. The average molecular weight is 402 g/mol. The summed E-state index contributed by atoms with van der Waals surface area (Å²) in [6.45, 7) is 4.38. The lowest BCUT2D eigenvalue weighted by Crippen LogP contribution is -1.83. The SMILES string of the molecule is C#Cc1ccccc1.C(=NCc1ccccc1)c1ccccc1.C=Cc1ccccc1. The van der Waals surface area contributed by atoms with Gasteiger partial charge in [0.15, 0.2) is 0 Å². The minimum atomic E-state index is 0.746. The Hall–Kier alpha value is -4.15. The molecule has 0 aliphatic rings. The number of benzene rings is 4. The van der Waals surface area contributed by atoms with Crippen LogP contribution in [0.5, 0.6) is 0 Å². The molecule has 1 heteroatoms. The fourth-order valence-electron chi connectivity index (χ4n) is 2.50. The third kappa shape index (κ3) is 10.3. The van der Waals surface area contributed by atoms with Gasteiger partial charge in [-0.15, -0.1) is 6.42 Å². The highest BCUT2D eigenvalue weighted by atomic mass is 14.7. The van der Waals surface area contributed by atoms with Crippen LogP contribution in [0.3, 0.4) is 0 Å². The average Bonchev–Trinajstić information content (AvgIpc) is 2.87. The first-order valence-corrected chi connectivity index (χ1v) is 10.1. The molecule has 0 saturated carbocycles. The van der Waals surface area contributed by atoms with Crippen molar-refractivity contribution in [3.63, 3.8) is 0 Å². The Morgan fingerprint density at radius 2 is 1.10 bits per heavy atom. The van der Waals surface area contributed by atoms with E-state index in [-0.39, 0.29) is 0 Å².